The summed E-state index contributed by atoms with van der Waals surface area (Å²) in [5.74, 6) is -0.0116. The predicted molar refractivity (Wildman–Crippen MR) is 106 cm³/mol. The minimum absolute atomic E-state index is 0.0116. The van der Waals surface area contributed by atoms with Gasteiger partial charge in [-0.2, -0.15) is 0 Å². The number of aryl methyl sites for hydroxylation is 1. The zero-order valence-electron chi connectivity index (χ0n) is 15.0. The summed E-state index contributed by atoms with van der Waals surface area (Å²) in [6.45, 7) is 2.86. The van der Waals surface area contributed by atoms with Crippen LogP contribution in [0.5, 0.6) is 0 Å². The van der Waals surface area contributed by atoms with Gasteiger partial charge in [0.05, 0.1) is 12.6 Å². The van der Waals surface area contributed by atoms with Crippen LogP contribution in [0.3, 0.4) is 0 Å². The molecule has 0 aliphatic heterocycles. The Morgan fingerprint density at radius 3 is 1.88 bits per heavy atom. The number of carbonyl (C=O) groups excluding carboxylic acids is 1. The highest BCUT2D eigenvalue weighted by atomic mass is 16.1. The van der Waals surface area contributed by atoms with Crippen molar-refractivity contribution in [2.75, 3.05) is 6.54 Å². The van der Waals surface area contributed by atoms with Crippen molar-refractivity contribution in [3.8, 4) is 0 Å². The second-order valence-electron chi connectivity index (χ2n) is 6.40. The highest BCUT2D eigenvalue weighted by Gasteiger charge is 2.14. The number of rotatable bonds is 7. The Bertz CT molecular complexity index is 774. The fraction of sp³-hybridized carbons (Fsp3) is 0.174. The van der Waals surface area contributed by atoms with Crippen molar-refractivity contribution >= 4 is 5.91 Å². The summed E-state index contributed by atoms with van der Waals surface area (Å²) in [5.41, 5.74) is 4.61. The SMILES string of the molecule is Cc1ccc(CNC(=O)CNC(c2ccccc2)c2ccccc2)cc1. The topological polar surface area (TPSA) is 41.1 Å². The van der Waals surface area contributed by atoms with Gasteiger partial charge in [-0.05, 0) is 23.6 Å². The molecule has 0 aromatic heterocycles. The molecule has 0 saturated heterocycles. The summed E-state index contributed by atoms with van der Waals surface area (Å²) >= 11 is 0. The first kappa shape index (κ1) is 17.9. The number of benzene rings is 3. The smallest absolute Gasteiger partial charge is 0.234 e. The molecule has 0 atom stereocenters. The van der Waals surface area contributed by atoms with Crippen LogP contribution in [0.15, 0.2) is 84.9 Å². The summed E-state index contributed by atoms with van der Waals surface area (Å²) in [6.07, 6.45) is 0. The van der Waals surface area contributed by atoms with Gasteiger partial charge in [-0.1, -0.05) is 90.5 Å². The summed E-state index contributed by atoms with van der Waals surface area (Å²) in [6, 6.07) is 28.6. The molecule has 0 radical (unpaired) electrons. The molecule has 0 bridgehead atoms. The van der Waals surface area contributed by atoms with Crippen LogP contribution in [0.4, 0.5) is 0 Å². The number of amides is 1. The van der Waals surface area contributed by atoms with E-state index in [2.05, 4.69) is 54.0 Å². The fourth-order valence-corrected chi connectivity index (χ4v) is 2.88. The molecule has 3 heteroatoms. The number of hydrogen-bond donors (Lipinski definition) is 2. The fourth-order valence-electron chi connectivity index (χ4n) is 2.88. The molecule has 3 rings (SSSR count). The lowest BCUT2D eigenvalue weighted by Gasteiger charge is -2.19. The maximum absolute atomic E-state index is 12.3. The average Bonchev–Trinajstić information content (AvgIpc) is 2.69. The van der Waals surface area contributed by atoms with Crippen LogP contribution in [0.2, 0.25) is 0 Å². The van der Waals surface area contributed by atoms with Crippen molar-refractivity contribution in [1.29, 1.82) is 0 Å². The van der Waals surface area contributed by atoms with E-state index in [9.17, 15) is 4.79 Å². The lowest BCUT2D eigenvalue weighted by molar-refractivity contribution is -0.120. The van der Waals surface area contributed by atoms with Gasteiger partial charge in [0.15, 0.2) is 0 Å². The van der Waals surface area contributed by atoms with Crippen molar-refractivity contribution in [2.45, 2.75) is 19.5 Å². The zero-order chi connectivity index (χ0) is 18.2. The van der Waals surface area contributed by atoms with Crippen molar-refractivity contribution in [3.63, 3.8) is 0 Å². The first-order valence-electron chi connectivity index (χ1n) is 8.88. The minimum Gasteiger partial charge on any atom is -0.351 e. The highest BCUT2D eigenvalue weighted by Crippen LogP contribution is 2.21. The second-order valence-corrected chi connectivity index (χ2v) is 6.40. The Hall–Kier alpha value is -2.91. The summed E-state index contributed by atoms with van der Waals surface area (Å²) in [5, 5.41) is 6.36. The number of carbonyl (C=O) groups is 1. The molecular weight excluding hydrogens is 320 g/mol. The molecule has 2 N–H and O–H groups in total. The molecule has 0 spiro atoms. The summed E-state index contributed by atoms with van der Waals surface area (Å²) < 4.78 is 0. The molecule has 0 unspecified atom stereocenters. The van der Waals surface area contributed by atoms with E-state index >= 15 is 0 Å². The van der Waals surface area contributed by atoms with E-state index in [1.54, 1.807) is 0 Å². The molecule has 0 aliphatic rings. The first-order valence-corrected chi connectivity index (χ1v) is 8.88. The van der Waals surface area contributed by atoms with Crippen molar-refractivity contribution in [3.05, 3.63) is 107 Å². The van der Waals surface area contributed by atoms with Crippen molar-refractivity contribution in [2.24, 2.45) is 0 Å². The second kappa shape index (κ2) is 8.97. The molecule has 0 heterocycles. The molecule has 0 saturated carbocycles. The molecule has 3 nitrogen and oxygen atoms in total. The minimum atomic E-state index is -0.0116. The van der Waals surface area contributed by atoms with Crippen LogP contribution in [0.1, 0.15) is 28.3 Å². The monoisotopic (exact) mass is 344 g/mol. The quantitative estimate of drug-likeness (QED) is 0.680. The molecule has 3 aromatic rings. The number of nitrogens with one attached hydrogen (secondary N) is 2. The van der Waals surface area contributed by atoms with Crippen LogP contribution in [-0.2, 0) is 11.3 Å². The molecular formula is C23H24N2O. The van der Waals surface area contributed by atoms with Crippen LogP contribution in [0.25, 0.3) is 0 Å². The van der Waals surface area contributed by atoms with E-state index < -0.39 is 0 Å². The van der Waals surface area contributed by atoms with Gasteiger partial charge >= 0.3 is 0 Å². The normalized spacial score (nSPS) is 10.7. The molecule has 0 aliphatic carbocycles. The van der Waals surface area contributed by atoms with E-state index in [0.717, 1.165) is 16.7 Å². The van der Waals surface area contributed by atoms with E-state index in [4.69, 9.17) is 0 Å². The van der Waals surface area contributed by atoms with Crippen LogP contribution < -0.4 is 10.6 Å². The lowest BCUT2D eigenvalue weighted by Crippen LogP contribution is -2.35. The van der Waals surface area contributed by atoms with Gasteiger partial charge in [0.1, 0.15) is 0 Å². The van der Waals surface area contributed by atoms with Gasteiger partial charge in [0.25, 0.3) is 0 Å². The van der Waals surface area contributed by atoms with Gasteiger partial charge in [-0.25, -0.2) is 0 Å². The van der Waals surface area contributed by atoms with Gasteiger partial charge in [0.2, 0.25) is 5.91 Å². The predicted octanol–water partition coefficient (Wildman–Crippen LogP) is 3.99. The maximum Gasteiger partial charge on any atom is 0.234 e. The van der Waals surface area contributed by atoms with Crippen LogP contribution in [-0.4, -0.2) is 12.5 Å². The Balaban J connectivity index is 1.60. The van der Waals surface area contributed by atoms with Gasteiger partial charge < -0.3 is 5.32 Å². The average molecular weight is 344 g/mol. The molecule has 1 amide bonds. The van der Waals surface area contributed by atoms with Gasteiger partial charge in [-0.15, -0.1) is 0 Å². The summed E-state index contributed by atoms with van der Waals surface area (Å²) in [4.78, 5) is 12.3. The third-order valence-electron chi connectivity index (χ3n) is 4.34. The van der Waals surface area contributed by atoms with Gasteiger partial charge in [-0.3, -0.25) is 10.1 Å². The standard InChI is InChI=1S/C23H24N2O/c1-18-12-14-19(15-13-18)16-24-22(26)17-25-23(20-8-4-2-5-9-20)21-10-6-3-7-11-21/h2-15,23,25H,16-17H2,1H3,(H,24,26). The van der Waals surface area contributed by atoms with Crippen molar-refractivity contribution < 1.29 is 4.79 Å². The largest absolute Gasteiger partial charge is 0.351 e. The Labute approximate surface area is 155 Å². The van der Waals surface area contributed by atoms with E-state index in [1.807, 2.05) is 48.5 Å². The molecule has 132 valence electrons. The maximum atomic E-state index is 12.3. The van der Waals surface area contributed by atoms with Crippen LogP contribution >= 0.6 is 0 Å². The van der Waals surface area contributed by atoms with Crippen LogP contribution in [0, 0.1) is 6.92 Å². The third kappa shape index (κ3) is 5.04. The third-order valence-corrected chi connectivity index (χ3v) is 4.34. The summed E-state index contributed by atoms with van der Waals surface area (Å²) in [7, 11) is 0. The Morgan fingerprint density at radius 2 is 1.35 bits per heavy atom. The first-order chi connectivity index (χ1) is 12.7. The zero-order valence-corrected chi connectivity index (χ0v) is 15.0. The van der Waals surface area contributed by atoms with E-state index in [1.165, 1.54) is 5.56 Å². The van der Waals surface area contributed by atoms with Gasteiger partial charge in [0, 0.05) is 6.54 Å². The molecule has 3 aromatic carbocycles. The van der Waals surface area contributed by atoms with E-state index in [0.29, 0.717) is 6.54 Å². The Morgan fingerprint density at radius 1 is 0.808 bits per heavy atom. The van der Waals surface area contributed by atoms with E-state index in [-0.39, 0.29) is 18.5 Å². The Kier molecular flexibility index (Phi) is 6.18. The highest BCUT2D eigenvalue weighted by molar-refractivity contribution is 5.78. The number of hydrogen-bond acceptors (Lipinski definition) is 2. The molecule has 0 fully saturated rings. The molecule has 26 heavy (non-hydrogen) atoms. The lowest BCUT2D eigenvalue weighted by atomic mass is 9.99. The van der Waals surface area contributed by atoms with Crippen molar-refractivity contribution in [1.82, 2.24) is 10.6 Å².